The molecule has 0 radical (unpaired) electrons. The second kappa shape index (κ2) is 2.41. The Morgan fingerprint density at radius 1 is 1.58 bits per heavy atom. The number of ketones is 1. The van der Waals surface area contributed by atoms with Crippen LogP contribution in [0.3, 0.4) is 0 Å². The highest BCUT2D eigenvalue weighted by molar-refractivity contribution is 5.92. The maximum Gasteiger partial charge on any atom is 0.451 e. The number of halogens is 3. The van der Waals surface area contributed by atoms with Gasteiger partial charge in [-0.2, -0.15) is 13.2 Å². The molecule has 1 aliphatic heterocycles. The highest BCUT2D eigenvalue weighted by Crippen LogP contribution is 2.36. The molecule has 4 nitrogen and oxygen atoms in total. The van der Waals surface area contributed by atoms with Crippen LogP contribution in [-0.4, -0.2) is 40.7 Å². The fourth-order valence-corrected chi connectivity index (χ4v) is 0.794. The largest absolute Gasteiger partial charge is 0.451 e. The lowest BCUT2D eigenvalue weighted by atomic mass is 10.1. The Morgan fingerprint density at radius 2 is 2.08 bits per heavy atom. The molecule has 1 aliphatic rings. The van der Waals surface area contributed by atoms with Gasteiger partial charge in [0, 0.05) is 0 Å². The van der Waals surface area contributed by atoms with Crippen LogP contribution in [-0.2, 0) is 9.53 Å². The third-order valence-electron chi connectivity index (χ3n) is 1.47. The normalized spacial score (nSPS) is 37.4. The van der Waals surface area contributed by atoms with E-state index in [9.17, 15) is 18.0 Å². The molecule has 0 bridgehead atoms. The maximum atomic E-state index is 11.9. The van der Waals surface area contributed by atoms with Crippen molar-refractivity contribution in [2.75, 3.05) is 6.61 Å². The Hall–Kier alpha value is -0.660. The third kappa shape index (κ3) is 1.10. The zero-order valence-corrected chi connectivity index (χ0v) is 5.63. The lowest BCUT2D eigenvalue weighted by Crippen LogP contribution is -2.51. The number of hydrogen-bond donors (Lipinski definition) is 2. The lowest BCUT2D eigenvalue weighted by Gasteiger charge is -2.22. The van der Waals surface area contributed by atoms with Crippen LogP contribution >= 0.6 is 0 Å². The van der Waals surface area contributed by atoms with E-state index >= 15 is 0 Å². The number of carbonyl (C=O) groups excluding carboxylic acids is 1. The molecule has 1 rings (SSSR count). The molecule has 2 N–H and O–H groups in total. The zero-order chi connectivity index (χ0) is 9.57. The average Bonchev–Trinajstić information content (AvgIpc) is 2.16. The molecule has 0 saturated carbocycles. The topological polar surface area (TPSA) is 66.8 Å². The van der Waals surface area contributed by atoms with E-state index in [2.05, 4.69) is 4.74 Å². The average molecular weight is 186 g/mol. The van der Waals surface area contributed by atoms with Gasteiger partial charge in [-0.1, -0.05) is 0 Å². The molecule has 1 heterocycles. The SMILES string of the molecule is O=C1C(O)CO[C@@]1(O)C(F)(F)F. The quantitative estimate of drug-likeness (QED) is 0.519. The molecule has 0 aromatic heterocycles. The Labute approximate surface area is 64.6 Å². The molecule has 2 atom stereocenters. The Kier molecular flexibility index (Phi) is 1.89. The van der Waals surface area contributed by atoms with E-state index in [1.807, 2.05) is 0 Å². The van der Waals surface area contributed by atoms with Gasteiger partial charge < -0.3 is 14.9 Å². The molecule has 12 heavy (non-hydrogen) atoms. The van der Waals surface area contributed by atoms with E-state index in [1.165, 1.54) is 0 Å². The molecule has 1 saturated heterocycles. The number of alkyl halides is 3. The minimum atomic E-state index is -5.21. The Morgan fingerprint density at radius 3 is 2.25 bits per heavy atom. The minimum Gasteiger partial charge on any atom is -0.383 e. The smallest absolute Gasteiger partial charge is 0.383 e. The number of ether oxygens (including phenoxy) is 1. The molecule has 0 aromatic rings. The van der Waals surface area contributed by atoms with E-state index in [-0.39, 0.29) is 0 Å². The lowest BCUT2D eigenvalue weighted by molar-refractivity contribution is -0.331. The molecule has 1 unspecified atom stereocenters. The van der Waals surface area contributed by atoms with Crippen LogP contribution in [0.25, 0.3) is 0 Å². The van der Waals surface area contributed by atoms with Crippen molar-refractivity contribution >= 4 is 5.78 Å². The van der Waals surface area contributed by atoms with Crippen LogP contribution in [0.2, 0.25) is 0 Å². The summed E-state index contributed by atoms with van der Waals surface area (Å²) in [6.45, 7) is -0.838. The van der Waals surface area contributed by atoms with Crippen LogP contribution in [0, 0.1) is 0 Å². The summed E-state index contributed by atoms with van der Waals surface area (Å²) in [5.74, 6) is -5.60. The monoisotopic (exact) mass is 186 g/mol. The summed E-state index contributed by atoms with van der Waals surface area (Å²) in [4.78, 5) is 10.5. The predicted octanol–water partition coefficient (Wildman–Crippen LogP) is -0.803. The first-order valence-corrected chi connectivity index (χ1v) is 2.94. The second-order valence-electron chi connectivity index (χ2n) is 2.33. The van der Waals surface area contributed by atoms with Gasteiger partial charge in [-0.05, 0) is 0 Å². The van der Waals surface area contributed by atoms with Gasteiger partial charge in [0.1, 0.15) is 6.10 Å². The molecule has 0 amide bonds. The fourth-order valence-electron chi connectivity index (χ4n) is 0.794. The summed E-state index contributed by atoms with van der Waals surface area (Å²) >= 11 is 0. The van der Waals surface area contributed by atoms with Gasteiger partial charge in [-0.3, -0.25) is 4.79 Å². The number of Topliss-reactive ketones (excluding diaryl/α,β-unsaturated/α-hetero) is 1. The highest BCUT2D eigenvalue weighted by atomic mass is 19.4. The van der Waals surface area contributed by atoms with E-state index < -0.39 is 30.5 Å². The van der Waals surface area contributed by atoms with E-state index in [0.29, 0.717) is 0 Å². The van der Waals surface area contributed by atoms with Crippen molar-refractivity contribution in [1.82, 2.24) is 0 Å². The van der Waals surface area contributed by atoms with E-state index in [0.717, 1.165) is 0 Å². The zero-order valence-electron chi connectivity index (χ0n) is 5.63. The van der Waals surface area contributed by atoms with Gasteiger partial charge in [0.15, 0.2) is 0 Å². The van der Waals surface area contributed by atoms with Gasteiger partial charge in [0.25, 0.3) is 0 Å². The van der Waals surface area contributed by atoms with Crippen molar-refractivity contribution < 1.29 is 32.9 Å². The van der Waals surface area contributed by atoms with Crippen molar-refractivity contribution in [2.24, 2.45) is 0 Å². The first-order valence-electron chi connectivity index (χ1n) is 2.94. The van der Waals surface area contributed by atoms with E-state index in [4.69, 9.17) is 10.2 Å². The van der Waals surface area contributed by atoms with Crippen LogP contribution in [0.1, 0.15) is 0 Å². The molecular weight excluding hydrogens is 181 g/mol. The number of rotatable bonds is 0. The molecular formula is C5H5F3O4. The molecule has 1 fully saturated rings. The number of aliphatic hydroxyl groups is 2. The van der Waals surface area contributed by atoms with Gasteiger partial charge >= 0.3 is 12.0 Å². The van der Waals surface area contributed by atoms with Gasteiger partial charge in [-0.15, -0.1) is 0 Å². The van der Waals surface area contributed by atoms with Crippen LogP contribution < -0.4 is 0 Å². The van der Waals surface area contributed by atoms with Crippen molar-refractivity contribution in [2.45, 2.75) is 18.1 Å². The van der Waals surface area contributed by atoms with Crippen molar-refractivity contribution in [3.63, 3.8) is 0 Å². The number of hydrogen-bond acceptors (Lipinski definition) is 4. The molecule has 7 heteroatoms. The van der Waals surface area contributed by atoms with Crippen LogP contribution in [0.4, 0.5) is 13.2 Å². The number of aliphatic hydroxyl groups excluding tert-OH is 1. The third-order valence-corrected chi connectivity index (χ3v) is 1.47. The van der Waals surface area contributed by atoms with Crippen molar-refractivity contribution in [3.8, 4) is 0 Å². The fraction of sp³-hybridized carbons (Fsp3) is 0.800. The summed E-state index contributed by atoms with van der Waals surface area (Å²) < 4.78 is 39.3. The molecule has 70 valence electrons. The second-order valence-corrected chi connectivity index (χ2v) is 2.33. The predicted molar refractivity (Wildman–Crippen MR) is 28.0 cm³/mol. The van der Waals surface area contributed by atoms with Crippen molar-refractivity contribution in [3.05, 3.63) is 0 Å². The molecule has 0 spiro atoms. The summed E-state index contributed by atoms with van der Waals surface area (Å²) in [7, 11) is 0. The summed E-state index contributed by atoms with van der Waals surface area (Å²) in [6.07, 6.45) is -7.11. The molecule has 0 aliphatic carbocycles. The Balaban J connectivity index is 2.94. The standard InChI is InChI=1S/C5H5F3O4/c6-5(7,8)4(11)3(10)2(9)1-12-4/h2,9,11H,1H2/t2?,4-/m1/s1. The Bertz CT molecular complexity index is 213. The highest BCUT2D eigenvalue weighted by Gasteiger charge is 2.66. The first-order chi connectivity index (χ1) is 5.29. The van der Waals surface area contributed by atoms with Crippen LogP contribution in [0.5, 0.6) is 0 Å². The number of carbonyl (C=O) groups is 1. The summed E-state index contributed by atoms with van der Waals surface area (Å²) in [5, 5.41) is 17.2. The molecule has 0 aromatic carbocycles. The van der Waals surface area contributed by atoms with E-state index in [1.54, 1.807) is 0 Å². The van der Waals surface area contributed by atoms with Gasteiger partial charge in [0.05, 0.1) is 6.61 Å². The van der Waals surface area contributed by atoms with Gasteiger partial charge in [0.2, 0.25) is 5.78 Å². The first kappa shape index (κ1) is 9.43. The minimum absolute atomic E-state index is 0.838. The maximum absolute atomic E-state index is 11.9. The van der Waals surface area contributed by atoms with Crippen LogP contribution in [0.15, 0.2) is 0 Å². The van der Waals surface area contributed by atoms with Crippen molar-refractivity contribution in [1.29, 1.82) is 0 Å². The van der Waals surface area contributed by atoms with Gasteiger partial charge in [-0.25, -0.2) is 0 Å². The summed E-state index contributed by atoms with van der Waals surface area (Å²) in [5.41, 5.74) is 0. The summed E-state index contributed by atoms with van der Waals surface area (Å²) in [6, 6.07) is 0.